The molecule has 0 bridgehead atoms. The Morgan fingerprint density at radius 3 is 2.48 bits per heavy atom. The summed E-state index contributed by atoms with van der Waals surface area (Å²) in [7, 11) is 1.56. The summed E-state index contributed by atoms with van der Waals surface area (Å²) in [4.78, 5) is 26.5. The van der Waals surface area contributed by atoms with E-state index in [-0.39, 0.29) is 12.5 Å². The maximum Gasteiger partial charge on any atom is 0.338 e. The summed E-state index contributed by atoms with van der Waals surface area (Å²) in [6.45, 7) is 6.95. The monoisotopic (exact) mass is 419 g/mol. The van der Waals surface area contributed by atoms with Crippen molar-refractivity contribution in [3.05, 3.63) is 41.1 Å². The van der Waals surface area contributed by atoms with Crippen LogP contribution in [-0.2, 0) is 19.1 Å². The highest BCUT2D eigenvalue weighted by atomic mass is 32.1. The summed E-state index contributed by atoms with van der Waals surface area (Å²) in [5.74, 6) is -0.424. The third-order valence-corrected chi connectivity index (χ3v) is 5.00. The number of hydrogen-bond acceptors (Lipinski definition) is 5. The largest absolute Gasteiger partial charge is 0.460 e. The number of carbonyl (C=O) groups excluding carboxylic acids is 2. The van der Waals surface area contributed by atoms with E-state index in [1.54, 1.807) is 7.11 Å². The van der Waals surface area contributed by atoms with Gasteiger partial charge in [-0.2, -0.15) is 0 Å². The lowest BCUT2D eigenvalue weighted by atomic mass is 9.95. The van der Waals surface area contributed by atoms with Crippen LogP contribution in [0.4, 0.5) is 5.69 Å². The van der Waals surface area contributed by atoms with Crippen molar-refractivity contribution in [1.29, 1.82) is 0 Å². The fourth-order valence-corrected chi connectivity index (χ4v) is 3.57. The number of ether oxygens (including phenoxy) is 2. The number of anilines is 1. The van der Waals surface area contributed by atoms with Gasteiger partial charge >= 0.3 is 5.97 Å². The molecule has 1 heterocycles. The number of nitrogens with one attached hydrogen (secondary N) is 2. The van der Waals surface area contributed by atoms with Crippen molar-refractivity contribution in [2.45, 2.75) is 39.7 Å². The fourth-order valence-electron chi connectivity index (χ4n) is 3.18. The second-order valence-corrected chi connectivity index (χ2v) is 7.06. The van der Waals surface area contributed by atoms with E-state index in [0.717, 1.165) is 17.7 Å². The molecule has 0 unspecified atom stereocenters. The Hall–Kier alpha value is -2.45. The first kappa shape index (κ1) is 22.8. The number of amides is 1. The standard InChI is InChI=1S/C21H29N3O4S/c1-5-7-17(25)22-16-10-8-15(9-11-16)19-18(20(26)28-13-12-27-4)14(3)24(6-2)21(29)23-19/h8-11,19H,5-7,12-13H2,1-4H3,(H,22,25)(H,23,29)/t19-/m1/s1. The second kappa shape index (κ2) is 10.9. The highest BCUT2D eigenvalue weighted by Gasteiger charge is 2.34. The molecule has 1 aromatic carbocycles. The number of thiocarbonyl (C=S) groups is 1. The van der Waals surface area contributed by atoms with Crippen molar-refractivity contribution in [2.24, 2.45) is 0 Å². The molecule has 7 nitrogen and oxygen atoms in total. The smallest absolute Gasteiger partial charge is 0.338 e. The van der Waals surface area contributed by atoms with Gasteiger partial charge in [-0.25, -0.2) is 4.79 Å². The number of allylic oxidation sites excluding steroid dienone is 1. The average Bonchev–Trinajstić information content (AvgIpc) is 2.68. The van der Waals surface area contributed by atoms with Crippen LogP contribution >= 0.6 is 12.2 Å². The van der Waals surface area contributed by atoms with Gasteiger partial charge in [0.2, 0.25) is 5.91 Å². The zero-order valence-electron chi connectivity index (χ0n) is 17.4. The zero-order chi connectivity index (χ0) is 21.4. The Kier molecular flexibility index (Phi) is 8.60. The number of rotatable bonds is 9. The van der Waals surface area contributed by atoms with E-state index in [9.17, 15) is 9.59 Å². The molecular weight excluding hydrogens is 390 g/mol. The minimum atomic E-state index is -0.430. The third kappa shape index (κ3) is 5.77. The highest BCUT2D eigenvalue weighted by molar-refractivity contribution is 7.80. The van der Waals surface area contributed by atoms with Gasteiger partial charge in [0.25, 0.3) is 0 Å². The number of nitrogens with zero attached hydrogens (tertiary/aromatic N) is 1. The molecule has 0 spiro atoms. The van der Waals surface area contributed by atoms with E-state index >= 15 is 0 Å². The van der Waals surface area contributed by atoms with Gasteiger partial charge in [-0.1, -0.05) is 19.1 Å². The molecule has 29 heavy (non-hydrogen) atoms. The van der Waals surface area contributed by atoms with E-state index < -0.39 is 12.0 Å². The van der Waals surface area contributed by atoms with Crippen LogP contribution in [-0.4, -0.2) is 48.8 Å². The molecule has 1 atom stereocenters. The van der Waals surface area contributed by atoms with Gasteiger partial charge in [-0.3, -0.25) is 4.79 Å². The van der Waals surface area contributed by atoms with Crippen LogP contribution in [0, 0.1) is 0 Å². The van der Waals surface area contributed by atoms with Crippen molar-refractivity contribution >= 4 is 34.9 Å². The Balaban J connectivity index is 2.30. The number of methoxy groups -OCH3 is 1. The molecule has 1 aliphatic rings. The normalized spacial score (nSPS) is 16.5. The summed E-state index contributed by atoms with van der Waals surface area (Å²) < 4.78 is 10.4. The average molecular weight is 420 g/mol. The Morgan fingerprint density at radius 2 is 1.90 bits per heavy atom. The first-order chi connectivity index (χ1) is 13.9. The van der Waals surface area contributed by atoms with Crippen LogP contribution < -0.4 is 10.6 Å². The molecule has 0 radical (unpaired) electrons. The third-order valence-electron chi connectivity index (χ3n) is 4.66. The lowest BCUT2D eigenvalue weighted by molar-refractivity contribution is -0.140. The van der Waals surface area contributed by atoms with Crippen LogP contribution in [0.2, 0.25) is 0 Å². The summed E-state index contributed by atoms with van der Waals surface area (Å²) in [5, 5.41) is 6.67. The molecule has 0 fully saturated rings. The highest BCUT2D eigenvalue weighted by Crippen LogP contribution is 2.32. The zero-order valence-corrected chi connectivity index (χ0v) is 18.2. The van der Waals surface area contributed by atoms with Crippen molar-refractivity contribution in [3.63, 3.8) is 0 Å². The van der Waals surface area contributed by atoms with Gasteiger partial charge < -0.3 is 25.0 Å². The van der Waals surface area contributed by atoms with Gasteiger partial charge in [-0.05, 0) is 50.2 Å². The van der Waals surface area contributed by atoms with Gasteiger partial charge in [-0.15, -0.1) is 0 Å². The van der Waals surface area contributed by atoms with E-state index in [4.69, 9.17) is 21.7 Å². The topological polar surface area (TPSA) is 79.9 Å². The molecule has 0 aliphatic carbocycles. The minimum Gasteiger partial charge on any atom is -0.460 e. The molecule has 0 aromatic heterocycles. The predicted octanol–water partition coefficient (Wildman–Crippen LogP) is 3.14. The SMILES string of the molecule is CCCC(=O)Nc1ccc([C@H]2NC(=S)N(CC)C(C)=C2C(=O)OCCOC)cc1. The number of hydrogen-bond donors (Lipinski definition) is 2. The number of esters is 1. The first-order valence-electron chi connectivity index (χ1n) is 9.77. The Bertz CT molecular complexity index is 777. The van der Waals surface area contributed by atoms with E-state index in [1.807, 2.05) is 49.9 Å². The maximum absolute atomic E-state index is 12.8. The van der Waals surface area contributed by atoms with Crippen LogP contribution in [0.3, 0.4) is 0 Å². The van der Waals surface area contributed by atoms with Crippen molar-refractivity contribution in [3.8, 4) is 0 Å². The van der Waals surface area contributed by atoms with Crippen molar-refractivity contribution in [2.75, 3.05) is 32.2 Å². The van der Waals surface area contributed by atoms with Crippen molar-refractivity contribution < 1.29 is 19.1 Å². The van der Waals surface area contributed by atoms with Gasteiger partial charge in [0.15, 0.2) is 5.11 Å². The van der Waals surface area contributed by atoms with Crippen LogP contribution in [0.1, 0.15) is 45.2 Å². The lowest BCUT2D eigenvalue weighted by Crippen LogP contribution is -2.47. The summed E-state index contributed by atoms with van der Waals surface area (Å²) in [6, 6.07) is 6.96. The molecular formula is C21H29N3O4S. The van der Waals surface area contributed by atoms with E-state index in [0.29, 0.717) is 35.9 Å². The van der Waals surface area contributed by atoms with Crippen LogP contribution in [0.5, 0.6) is 0 Å². The molecule has 2 rings (SSSR count). The predicted molar refractivity (Wildman–Crippen MR) is 116 cm³/mol. The fraction of sp³-hybridized carbons (Fsp3) is 0.476. The number of carbonyl (C=O) groups is 2. The minimum absolute atomic E-state index is 0.0195. The molecule has 2 N–H and O–H groups in total. The Labute approximate surface area is 177 Å². The van der Waals surface area contributed by atoms with Crippen LogP contribution in [0.15, 0.2) is 35.5 Å². The van der Waals surface area contributed by atoms with Gasteiger partial charge in [0.1, 0.15) is 6.61 Å². The summed E-state index contributed by atoms with van der Waals surface area (Å²) in [5.41, 5.74) is 2.85. The quantitative estimate of drug-likeness (QED) is 0.362. The lowest BCUT2D eigenvalue weighted by Gasteiger charge is -2.37. The molecule has 1 aliphatic heterocycles. The van der Waals surface area contributed by atoms with E-state index in [2.05, 4.69) is 10.6 Å². The first-order valence-corrected chi connectivity index (χ1v) is 10.2. The summed E-state index contributed by atoms with van der Waals surface area (Å²) >= 11 is 5.49. The molecule has 0 saturated heterocycles. The Morgan fingerprint density at radius 1 is 1.21 bits per heavy atom. The molecule has 1 aromatic rings. The van der Waals surface area contributed by atoms with Gasteiger partial charge in [0, 0.05) is 31.5 Å². The van der Waals surface area contributed by atoms with Crippen LogP contribution in [0.25, 0.3) is 0 Å². The molecule has 158 valence electrons. The molecule has 8 heteroatoms. The van der Waals surface area contributed by atoms with Crippen molar-refractivity contribution in [1.82, 2.24) is 10.2 Å². The molecule has 1 amide bonds. The second-order valence-electron chi connectivity index (χ2n) is 6.67. The molecule has 0 saturated carbocycles. The number of benzene rings is 1. The van der Waals surface area contributed by atoms with E-state index in [1.165, 1.54) is 0 Å². The van der Waals surface area contributed by atoms with Gasteiger partial charge in [0.05, 0.1) is 18.2 Å². The summed E-state index contributed by atoms with van der Waals surface area (Å²) in [6.07, 6.45) is 1.27. The maximum atomic E-state index is 12.8.